The first-order chi connectivity index (χ1) is 8.13. The molecule has 1 atom stereocenters. The Hall–Kier alpha value is -0.870. The third kappa shape index (κ3) is 3.54. The van der Waals surface area contributed by atoms with Crippen molar-refractivity contribution < 1.29 is 5.11 Å². The van der Waals surface area contributed by atoms with Gasteiger partial charge < -0.3 is 10.4 Å². The number of rotatable bonds is 7. The standard InChI is InChI=1S/C13H23N3O/c1-11-6-8-14-16(11)9-3-7-13(2,10-17)15-12-4-5-12/h6,8,12,15,17H,3-5,7,9-10H2,1-2H3. The topological polar surface area (TPSA) is 50.1 Å². The van der Waals surface area contributed by atoms with Gasteiger partial charge in [0.1, 0.15) is 0 Å². The van der Waals surface area contributed by atoms with E-state index in [0.717, 1.165) is 19.4 Å². The second-order valence-corrected chi connectivity index (χ2v) is 5.44. The van der Waals surface area contributed by atoms with E-state index < -0.39 is 0 Å². The van der Waals surface area contributed by atoms with Crippen molar-refractivity contribution in [3.05, 3.63) is 18.0 Å². The zero-order valence-electron chi connectivity index (χ0n) is 10.8. The van der Waals surface area contributed by atoms with Crippen molar-refractivity contribution in [1.29, 1.82) is 0 Å². The Morgan fingerprint density at radius 2 is 2.35 bits per heavy atom. The molecule has 1 aliphatic rings. The second-order valence-electron chi connectivity index (χ2n) is 5.44. The summed E-state index contributed by atoms with van der Waals surface area (Å²) in [7, 11) is 0. The molecule has 0 spiro atoms. The van der Waals surface area contributed by atoms with Gasteiger partial charge in [-0.2, -0.15) is 5.10 Å². The molecule has 17 heavy (non-hydrogen) atoms. The number of aromatic nitrogens is 2. The summed E-state index contributed by atoms with van der Waals surface area (Å²) in [4.78, 5) is 0. The molecule has 4 heteroatoms. The van der Waals surface area contributed by atoms with Crippen LogP contribution in [0.3, 0.4) is 0 Å². The van der Waals surface area contributed by atoms with Gasteiger partial charge in [-0.05, 0) is 45.6 Å². The minimum Gasteiger partial charge on any atom is -0.394 e. The zero-order chi connectivity index (χ0) is 12.3. The smallest absolute Gasteiger partial charge is 0.0610 e. The minimum atomic E-state index is -0.123. The lowest BCUT2D eigenvalue weighted by molar-refractivity contribution is 0.159. The van der Waals surface area contributed by atoms with Gasteiger partial charge in [-0.15, -0.1) is 0 Å². The predicted molar refractivity (Wildman–Crippen MR) is 67.8 cm³/mol. The van der Waals surface area contributed by atoms with E-state index in [9.17, 15) is 5.11 Å². The molecule has 0 aliphatic heterocycles. The lowest BCUT2D eigenvalue weighted by Gasteiger charge is -2.29. The maximum absolute atomic E-state index is 9.49. The van der Waals surface area contributed by atoms with Crippen LogP contribution in [0.1, 0.15) is 38.3 Å². The molecule has 0 saturated heterocycles. The van der Waals surface area contributed by atoms with Crippen molar-refractivity contribution in [1.82, 2.24) is 15.1 Å². The van der Waals surface area contributed by atoms with Gasteiger partial charge in [0.25, 0.3) is 0 Å². The van der Waals surface area contributed by atoms with Crippen LogP contribution in [-0.2, 0) is 6.54 Å². The molecule has 2 N–H and O–H groups in total. The average molecular weight is 237 g/mol. The molecular formula is C13H23N3O. The Morgan fingerprint density at radius 1 is 1.59 bits per heavy atom. The van der Waals surface area contributed by atoms with Gasteiger partial charge in [-0.25, -0.2) is 0 Å². The van der Waals surface area contributed by atoms with Gasteiger partial charge in [-0.1, -0.05) is 0 Å². The molecule has 96 valence electrons. The molecule has 1 aromatic rings. The summed E-state index contributed by atoms with van der Waals surface area (Å²) in [5.41, 5.74) is 1.08. The van der Waals surface area contributed by atoms with E-state index in [0.29, 0.717) is 6.04 Å². The molecular weight excluding hydrogens is 214 g/mol. The molecule has 2 rings (SSSR count). The van der Waals surface area contributed by atoms with Crippen LogP contribution in [0.2, 0.25) is 0 Å². The highest BCUT2D eigenvalue weighted by molar-refractivity contribution is 4.96. The normalized spacial score (nSPS) is 19.2. The van der Waals surface area contributed by atoms with Crippen LogP contribution in [-0.4, -0.2) is 33.1 Å². The number of aryl methyl sites for hydroxylation is 2. The van der Waals surface area contributed by atoms with Gasteiger partial charge in [-0.3, -0.25) is 4.68 Å². The second kappa shape index (κ2) is 5.19. The summed E-state index contributed by atoms with van der Waals surface area (Å²) < 4.78 is 2.02. The Morgan fingerprint density at radius 3 is 2.88 bits per heavy atom. The fraction of sp³-hybridized carbons (Fsp3) is 0.769. The van der Waals surface area contributed by atoms with Crippen LogP contribution in [0.25, 0.3) is 0 Å². The summed E-state index contributed by atoms with van der Waals surface area (Å²) in [6, 6.07) is 2.66. The predicted octanol–water partition coefficient (Wildman–Crippen LogP) is 1.47. The molecule has 1 aliphatic carbocycles. The third-order valence-corrected chi connectivity index (χ3v) is 3.51. The Labute approximate surface area is 103 Å². The largest absolute Gasteiger partial charge is 0.394 e. The van der Waals surface area contributed by atoms with Gasteiger partial charge >= 0.3 is 0 Å². The van der Waals surface area contributed by atoms with E-state index in [1.807, 2.05) is 16.9 Å². The van der Waals surface area contributed by atoms with Crippen LogP contribution in [0.5, 0.6) is 0 Å². The van der Waals surface area contributed by atoms with E-state index in [4.69, 9.17) is 0 Å². The summed E-state index contributed by atoms with van der Waals surface area (Å²) in [5.74, 6) is 0. The summed E-state index contributed by atoms with van der Waals surface area (Å²) >= 11 is 0. The number of nitrogens with zero attached hydrogens (tertiary/aromatic N) is 2. The summed E-state index contributed by atoms with van der Waals surface area (Å²) in [5, 5.41) is 17.3. The molecule has 1 unspecified atom stereocenters. The number of aliphatic hydroxyl groups excluding tert-OH is 1. The van der Waals surface area contributed by atoms with Crippen molar-refractivity contribution in [3.8, 4) is 0 Å². The van der Waals surface area contributed by atoms with E-state index in [1.54, 1.807) is 0 Å². The summed E-state index contributed by atoms with van der Waals surface area (Å²) in [6.07, 6.45) is 6.38. The zero-order valence-corrected chi connectivity index (χ0v) is 10.8. The Bertz CT molecular complexity index is 359. The summed E-state index contributed by atoms with van der Waals surface area (Å²) in [6.45, 7) is 5.32. The van der Waals surface area contributed by atoms with Gasteiger partial charge in [0.15, 0.2) is 0 Å². The molecule has 1 fully saturated rings. The van der Waals surface area contributed by atoms with Crippen LogP contribution in [0, 0.1) is 6.92 Å². The van der Waals surface area contributed by atoms with Crippen LogP contribution < -0.4 is 5.32 Å². The van der Waals surface area contributed by atoms with E-state index in [1.165, 1.54) is 18.5 Å². The molecule has 1 aromatic heterocycles. The molecule has 4 nitrogen and oxygen atoms in total. The quantitative estimate of drug-likeness (QED) is 0.755. The van der Waals surface area contributed by atoms with Crippen molar-refractivity contribution >= 4 is 0 Å². The fourth-order valence-electron chi connectivity index (χ4n) is 2.17. The van der Waals surface area contributed by atoms with Crippen LogP contribution in [0.4, 0.5) is 0 Å². The highest BCUT2D eigenvalue weighted by atomic mass is 16.3. The Balaban J connectivity index is 1.77. The SMILES string of the molecule is Cc1ccnn1CCCC(C)(CO)NC1CC1. The highest BCUT2D eigenvalue weighted by Gasteiger charge is 2.31. The minimum absolute atomic E-state index is 0.123. The van der Waals surface area contributed by atoms with Crippen molar-refractivity contribution in [2.24, 2.45) is 0 Å². The first-order valence-electron chi connectivity index (χ1n) is 6.50. The number of hydrogen-bond acceptors (Lipinski definition) is 3. The molecule has 0 aromatic carbocycles. The maximum Gasteiger partial charge on any atom is 0.0610 e. The molecule has 0 amide bonds. The molecule has 1 heterocycles. The Kier molecular flexibility index (Phi) is 3.84. The van der Waals surface area contributed by atoms with Crippen molar-refractivity contribution in [3.63, 3.8) is 0 Å². The van der Waals surface area contributed by atoms with Crippen molar-refractivity contribution in [2.75, 3.05) is 6.61 Å². The van der Waals surface area contributed by atoms with Gasteiger partial charge in [0.2, 0.25) is 0 Å². The lowest BCUT2D eigenvalue weighted by Crippen LogP contribution is -2.47. The molecule has 1 saturated carbocycles. The maximum atomic E-state index is 9.49. The van der Waals surface area contributed by atoms with Crippen LogP contribution in [0.15, 0.2) is 12.3 Å². The molecule has 0 bridgehead atoms. The van der Waals surface area contributed by atoms with E-state index in [-0.39, 0.29) is 12.1 Å². The average Bonchev–Trinajstić information content (AvgIpc) is 3.02. The first-order valence-corrected chi connectivity index (χ1v) is 6.50. The van der Waals surface area contributed by atoms with Crippen molar-refractivity contribution in [2.45, 2.75) is 57.7 Å². The number of aliphatic hydroxyl groups is 1. The highest BCUT2D eigenvalue weighted by Crippen LogP contribution is 2.24. The van der Waals surface area contributed by atoms with Crippen LogP contribution >= 0.6 is 0 Å². The molecule has 0 radical (unpaired) electrons. The lowest BCUT2D eigenvalue weighted by atomic mass is 9.96. The first kappa shape index (κ1) is 12.6. The fourth-order valence-corrected chi connectivity index (χ4v) is 2.17. The van der Waals surface area contributed by atoms with E-state index in [2.05, 4.69) is 24.3 Å². The third-order valence-electron chi connectivity index (χ3n) is 3.51. The monoisotopic (exact) mass is 237 g/mol. The van der Waals surface area contributed by atoms with E-state index >= 15 is 0 Å². The van der Waals surface area contributed by atoms with Gasteiger partial charge in [0, 0.05) is 30.0 Å². The van der Waals surface area contributed by atoms with Gasteiger partial charge in [0.05, 0.1) is 6.61 Å². The number of hydrogen-bond donors (Lipinski definition) is 2. The number of nitrogens with one attached hydrogen (secondary N) is 1.